The first kappa shape index (κ1) is 14.6. The van der Waals surface area contributed by atoms with Crippen molar-refractivity contribution in [2.75, 3.05) is 0 Å². The summed E-state index contributed by atoms with van der Waals surface area (Å²) in [7, 11) is 0. The Hall–Kier alpha value is -3.36. The van der Waals surface area contributed by atoms with Gasteiger partial charge in [0.1, 0.15) is 0 Å². The third-order valence-electron chi connectivity index (χ3n) is 3.95. The Bertz CT molecular complexity index is 956. The molecule has 23 heavy (non-hydrogen) atoms. The second-order valence-electron chi connectivity index (χ2n) is 5.36. The van der Waals surface area contributed by atoms with Crippen LogP contribution in [-0.4, -0.2) is 0 Å². The summed E-state index contributed by atoms with van der Waals surface area (Å²) < 4.78 is 0. The van der Waals surface area contributed by atoms with Gasteiger partial charge in [-0.25, -0.2) is 0 Å². The number of hydrogen-bond acceptors (Lipinski definition) is 2. The van der Waals surface area contributed by atoms with Gasteiger partial charge in [-0.1, -0.05) is 42.5 Å². The topological polar surface area (TPSA) is 47.6 Å². The van der Waals surface area contributed by atoms with Crippen LogP contribution in [0.15, 0.2) is 66.7 Å². The normalized spacial score (nSPS) is 9.87. The van der Waals surface area contributed by atoms with Gasteiger partial charge in [-0.2, -0.15) is 10.5 Å². The van der Waals surface area contributed by atoms with E-state index in [0.717, 1.165) is 27.8 Å². The Balaban J connectivity index is 2.11. The van der Waals surface area contributed by atoms with E-state index in [1.165, 1.54) is 0 Å². The standard InChI is InChI=1S/C21H14N2/c1-15-20(14-23)9-4-10-21(15)19-8-3-7-18(12-19)17-6-2-5-16(11-17)13-22/h2-12H,1H3. The van der Waals surface area contributed by atoms with Crippen molar-refractivity contribution in [2.45, 2.75) is 6.92 Å². The predicted octanol–water partition coefficient (Wildman–Crippen LogP) is 5.07. The van der Waals surface area contributed by atoms with E-state index >= 15 is 0 Å². The smallest absolute Gasteiger partial charge is 0.0994 e. The fraction of sp³-hybridized carbons (Fsp3) is 0.0476. The van der Waals surface area contributed by atoms with E-state index in [9.17, 15) is 5.26 Å². The third-order valence-corrected chi connectivity index (χ3v) is 3.95. The Kier molecular flexibility index (Phi) is 3.91. The van der Waals surface area contributed by atoms with Crippen molar-refractivity contribution in [2.24, 2.45) is 0 Å². The van der Waals surface area contributed by atoms with Gasteiger partial charge in [0.2, 0.25) is 0 Å². The molecular formula is C21H14N2. The molecule has 3 aromatic carbocycles. The number of benzene rings is 3. The fourth-order valence-corrected chi connectivity index (χ4v) is 2.70. The number of nitriles is 2. The van der Waals surface area contributed by atoms with Crippen LogP contribution in [0.5, 0.6) is 0 Å². The van der Waals surface area contributed by atoms with E-state index in [4.69, 9.17) is 5.26 Å². The summed E-state index contributed by atoms with van der Waals surface area (Å²) in [6, 6.07) is 25.9. The number of rotatable bonds is 2. The minimum Gasteiger partial charge on any atom is -0.192 e. The van der Waals surface area contributed by atoms with Crippen molar-refractivity contribution in [3.8, 4) is 34.4 Å². The monoisotopic (exact) mass is 294 g/mol. The Morgan fingerprint density at radius 2 is 1.35 bits per heavy atom. The first-order chi connectivity index (χ1) is 11.2. The van der Waals surface area contributed by atoms with Gasteiger partial charge in [-0.15, -0.1) is 0 Å². The SMILES string of the molecule is Cc1c(C#N)cccc1-c1cccc(-c2cccc(C#N)c2)c1. The predicted molar refractivity (Wildman–Crippen MR) is 91.5 cm³/mol. The van der Waals surface area contributed by atoms with Crippen LogP contribution in [0.25, 0.3) is 22.3 Å². The van der Waals surface area contributed by atoms with Gasteiger partial charge >= 0.3 is 0 Å². The highest BCUT2D eigenvalue weighted by Gasteiger charge is 2.07. The molecular weight excluding hydrogens is 280 g/mol. The van der Waals surface area contributed by atoms with Crippen LogP contribution in [0.4, 0.5) is 0 Å². The lowest BCUT2D eigenvalue weighted by Crippen LogP contribution is -1.88. The molecule has 0 aromatic heterocycles. The summed E-state index contributed by atoms with van der Waals surface area (Å²) in [4.78, 5) is 0. The molecule has 0 aliphatic rings. The summed E-state index contributed by atoms with van der Waals surface area (Å²) in [5, 5.41) is 18.3. The second kappa shape index (κ2) is 6.18. The molecule has 108 valence electrons. The van der Waals surface area contributed by atoms with Crippen molar-refractivity contribution in [1.82, 2.24) is 0 Å². The molecule has 0 aliphatic carbocycles. The van der Waals surface area contributed by atoms with E-state index in [1.54, 1.807) is 6.07 Å². The Labute approximate surface area is 135 Å². The largest absolute Gasteiger partial charge is 0.192 e. The van der Waals surface area contributed by atoms with Crippen molar-refractivity contribution in [1.29, 1.82) is 10.5 Å². The average Bonchev–Trinajstić information content (AvgIpc) is 2.62. The molecule has 0 amide bonds. The summed E-state index contributed by atoms with van der Waals surface area (Å²) in [6.45, 7) is 1.97. The molecule has 2 heteroatoms. The average molecular weight is 294 g/mol. The molecule has 0 fully saturated rings. The van der Waals surface area contributed by atoms with Crippen LogP contribution in [0.3, 0.4) is 0 Å². The van der Waals surface area contributed by atoms with Gasteiger partial charge in [0.15, 0.2) is 0 Å². The summed E-state index contributed by atoms with van der Waals surface area (Å²) in [5.41, 5.74) is 6.52. The van der Waals surface area contributed by atoms with Gasteiger partial charge in [0.25, 0.3) is 0 Å². The van der Waals surface area contributed by atoms with Gasteiger partial charge in [-0.3, -0.25) is 0 Å². The number of nitrogens with zero attached hydrogens (tertiary/aromatic N) is 2. The van der Waals surface area contributed by atoms with Crippen LogP contribution >= 0.6 is 0 Å². The van der Waals surface area contributed by atoms with Crippen LogP contribution in [0, 0.1) is 29.6 Å². The molecule has 0 radical (unpaired) electrons. The molecule has 0 unspecified atom stereocenters. The molecule has 3 aromatic rings. The van der Waals surface area contributed by atoms with Crippen molar-refractivity contribution in [3.63, 3.8) is 0 Å². The van der Waals surface area contributed by atoms with Crippen LogP contribution in [-0.2, 0) is 0 Å². The fourth-order valence-electron chi connectivity index (χ4n) is 2.70. The quantitative estimate of drug-likeness (QED) is 0.662. The molecule has 2 nitrogen and oxygen atoms in total. The van der Waals surface area contributed by atoms with Crippen LogP contribution in [0.1, 0.15) is 16.7 Å². The molecule has 0 atom stereocenters. The minimum absolute atomic E-state index is 0.649. The first-order valence-corrected chi connectivity index (χ1v) is 7.33. The molecule has 0 saturated carbocycles. The van der Waals surface area contributed by atoms with Gasteiger partial charge in [0, 0.05) is 0 Å². The van der Waals surface area contributed by atoms with E-state index in [0.29, 0.717) is 11.1 Å². The summed E-state index contributed by atoms with van der Waals surface area (Å²) in [5.74, 6) is 0. The van der Waals surface area contributed by atoms with Crippen molar-refractivity contribution >= 4 is 0 Å². The summed E-state index contributed by atoms with van der Waals surface area (Å²) in [6.07, 6.45) is 0. The highest BCUT2D eigenvalue weighted by atomic mass is 14.2. The highest BCUT2D eigenvalue weighted by Crippen LogP contribution is 2.29. The second-order valence-corrected chi connectivity index (χ2v) is 5.36. The van der Waals surface area contributed by atoms with E-state index in [1.807, 2.05) is 61.5 Å². The molecule has 0 heterocycles. The molecule has 0 N–H and O–H groups in total. The maximum absolute atomic E-state index is 9.20. The van der Waals surface area contributed by atoms with Crippen molar-refractivity contribution in [3.05, 3.63) is 83.4 Å². The highest BCUT2D eigenvalue weighted by molar-refractivity contribution is 5.76. The lowest BCUT2D eigenvalue weighted by Gasteiger charge is -2.10. The molecule has 0 spiro atoms. The zero-order chi connectivity index (χ0) is 16.2. The third kappa shape index (κ3) is 2.84. The molecule has 3 rings (SSSR count). The zero-order valence-electron chi connectivity index (χ0n) is 12.7. The van der Waals surface area contributed by atoms with Gasteiger partial charge in [-0.05, 0) is 59.0 Å². The maximum atomic E-state index is 9.20. The first-order valence-electron chi connectivity index (χ1n) is 7.33. The number of hydrogen-bond donors (Lipinski definition) is 0. The maximum Gasteiger partial charge on any atom is 0.0994 e. The summed E-state index contributed by atoms with van der Waals surface area (Å²) >= 11 is 0. The minimum atomic E-state index is 0.649. The molecule has 0 bridgehead atoms. The van der Waals surface area contributed by atoms with E-state index in [-0.39, 0.29) is 0 Å². The molecule has 0 saturated heterocycles. The zero-order valence-corrected chi connectivity index (χ0v) is 12.7. The van der Waals surface area contributed by atoms with Gasteiger partial charge in [0.05, 0.1) is 23.3 Å². The Morgan fingerprint density at radius 1 is 0.696 bits per heavy atom. The molecule has 0 aliphatic heterocycles. The van der Waals surface area contributed by atoms with Crippen LogP contribution < -0.4 is 0 Å². The van der Waals surface area contributed by atoms with Crippen molar-refractivity contribution < 1.29 is 0 Å². The van der Waals surface area contributed by atoms with Gasteiger partial charge < -0.3 is 0 Å². The lowest BCUT2D eigenvalue weighted by molar-refractivity contribution is 1.39. The van der Waals surface area contributed by atoms with E-state index < -0.39 is 0 Å². The van der Waals surface area contributed by atoms with Crippen LogP contribution in [0.2, 0.25) is 0 Å². The lowest BCUT2D eigenvalue weighted by atomic mass is 9.94. The Morgan fingerprint density at radius 3 is 2.09 bits per heavy atom. The van der Waals surface area contributed by atoms with E-state index in [2.05, 4.69) is 18.2 Å².